The lowest BCUT2D eigenvalue weighted by atomic mass is 10.1. The molecule has 1 atom stereocenters. The van der Waals surface area contributed by atoms with Gasteiger partial charge in [-0.2, -0.15) is 0 Å². The zero-order valence-electron chi connectivity index (χ0n) is 7.75. The molecule has 0 aromatic carbocycles. The summed E-state index contributed by atoms with van der Waals surface area (Å²) >= 11 is 0. The minimum atomic E-state index is -1.04. The molecule has 0 saturated heterocycles. The molecule has 4 N–H and O–H groups in total. The molecule has 5 nitrogen and oxygen atoms in total. The van der Waals surface area contributed by atoms with E-state index < -0.39 is 5.97 Å². The number of aliphatic carboxylic acids is 1. The number of hydrogen-bond donors (Lipinski definition) is 3. The lowest BCUT2D eigenvalue weighted by Crippen LogP contribution is -2.34. The van der Waals surface area contributed by atoms with E-state index in [4.69, 9.17) is 10.8 Å². The minimum Gasteiger partial charge on any atom is -0.480 e. The van der Waals surface area contributed by atoms with Crippen LogP contribution in [-0.4, -0.2) is 29.6 Å². The highest BCUT2D eigenvalue weighted by atomic mass is 16.4. The van der Waals surface area contributed by atoms with Gasteiger partial charge in [-0.05, 0) is 6.42 Å². The fourth-order valence-corrected chi connectivity index (χ4v) is 0.957. The molecule has 0 aromatic heterocycles. The topological polar surface area (TPSA) is 92.4 Å². The Morgan fingerprint density at radius 1 is 1.54 bits per heavy atom. The van der Waals surface area contributed by atoms with Crippen molar-refractivity contribution >= 4 is 11.9 Å². The van der Waals surface area contributed by atoms with Crippen molar-refractivity contribution < 1.29 is 14.7 Å². The molecule has 0 spiro atoms. The number of carboxylic acid groups (broad SMARTS) is 1. The molecule has 0 aliphatic rings. The molecular formula is C8H16N2O3. The van der Waals surface area contributed by atoms with Gasteiger partial charge in [-0.1, -0.05) is 13.3 Å². The highest BCUT2D eigenvalue weighted by molar-refractivity contribution is 5.81. The van der Waals surface area contributed by atoms with Gasteiger partial charge in [0.1, 0.15) is 6.54 Å². The van der Waals surface area contributed by atoms with E-state index in [1.54, 1.807) is 0 Å². The van der Waals surface area contributed by atoms with Crippen molar-refractivity contribution in [1.82, 2.24) is 5.32 Å². The largest absolute Gasteiger partial charge is 0.480 e. The van der Waals surface area contributed by atoms with Crippen LogP contribution in [0.1, 0.15) is 26.2 Å². The fraction of sp³-hybridized carbons (Fsp3) is 0.750. The predicted octanol–water partition coefficient (Wildman–Crippen LogP) is -0.295. The summed E-state index contributed by atoms with van der Waals surface area (Å²) in [6.07, 6.45) is 1.90. The number of nitrogens with one attached hydrogen (secondary N) is 1. The molecule has 76 valence electrons. The molecule has 0 aliphatic carbocycles. The second kappa shape index (κ2) is 6.42. The van der Waals surface area contributed by atoms with Crippen LogP contribution in [0.15, 0.2) is 0 Å². The van der Waals surface area contributed by atoms with Crippen molar-refractivity contribution in [3.8, 4) is 0 Å². The Labute approximate surface area is 77.3 Å². The Morgan fingerprint density at radius 3 is 2.62 bits per heavy atom. The van der Waals surface area contributed by atoms with Crippen LogP contribution in [0.3, 0.4) is 0 Å². The van der Waals surface area contributed by atoms with Crippen LogP contribution in [0.25, 0.3) is 0 Å². The zero-order valence-corrected chi connectivity index (χ0v) is 7.75. The van der Waals surface area contributed by atoms with E-state index in [1.807, 2.05) is 6.92 Å². The Kier molecular flexibility index (Phi) is 5.88. The molecule has 0 heterocycles. The number of carboxylic acids is 1. The van der Waals surface area contributed by atoms with Crippen molar-refractivity contribution in [3.63, 3.8) is 0 Å². The molecule has 1 amide bonds. The molecule has 0 fully saturated rings. The van der Waals surface area contributed by atoms with Gasteiger partial charge in [0.15, 0.2) is 0 Å². The molecule has 0 aromatic rings. The SMILES string of the molecule is CCCC(N)CC(=O)NCC(=O)O. The van der Waals surface area contributed by atoms with E-state index in [-0.39, 0.29) is 24.9 Å². The molecule has 0 rings (SSSR count). The maximum atomic E-state index is 11.0. The maximum Gasteiger partial charge on any atom is 0.322 e. The Hall–Kier alpha value is -1.10. The predicted molar refractivity (Wildman–Crippen MR) is 48.1 cm³/mol. The van der Waals surface area contributed by atoms with Crippen LogP contribution in [0.5, 0.6) is 0 Å². The third-order valence-electron chi connectivity index (χ3n) is 1.54. The molecule has 0 saturated carbocycles. The molecule has 5 heteroatoms. The lowest BCUT2D eigenvalue weighted by molar-refractivity contribution is -0.138. The van der Waals surface area contributed by atoms with E-state index in [0.29, 0.717) is 0 Å². The summed E-state index contributed by atoms with van der Waals surface area (Å²) in [6.45, 7) is 1.65. The first-order valence-corrected chi connectivity index (χ1v) is 4.30. The van der Waals surface area contributed by atoms with Gasteiger partial charge in [0.2, 0.25) is 5.91 Å². The molecule has 0 aliphatic heterocycles. The summed E-state index contributed by atoms with van der Waals surface area (Å²) in [5.41, 5.74) is 5.58. The van der Waals surface area contributed by atoms with Crippen molar-refractivity contribution in [2.45, 2.75) is 32.2 Å². The monoisotopic (exact) mass is 188 g/mol. The summed E-state index contributed by atoms with van der Waals surface area (Å²) in [6, 6.07) is -0.168. The van der Waals surface area contributed by atoms with Crippen molar-refractivity contribution in [1.29, 1.82) is 0 Å². The van der Waals surface area contributed by atoms with Gasteiger partial charge < -0.3 is 16.2 Å². The lowest BCUT2D eigenvalue weighted by Gasteiger charge is -2.08. The third-order valence-corrected chi connectivity index (χ3v) is 1.54. The third kappa shape index (κ3) is 7.27. The average Bonchev–Trinajstić information content (AvgIpc) is 2.01. The average molecular weight is 188 g/mol. The maximum absolute atomic E-state index is 11.0. The fourth-order valence-electron chi connectivity index (χ4n) is 0.957. The number of rotatable bonds is 6. The first kappa shape index (κ1) is 11.9. The van der Waals surface area contributed by atoms with Gasteiger partial charge in [0, 0.05) is 12.5 Å². The van der Waals surface area contributed by atoms with Gasteiger partial charge in [0.25, 0.3) is 0 Å². The smallest absolute Gasteiger partial charge is 0.322 e. The van der Waals surface area contributed by atoms with E-state index >= 15 is 0 Å². The van der Waals surface area contributed by atoms with Crippen LogP contribution in [0, 0.1) is 0 Å². The molecule has 1 unspecified atom stereocenters. The van der Waals surface area contributed by atoms with E-state index in [0.717, 1.165) is 12.8 Å². The minimum absolute atomic E-state index is 0.168. The van der Waals surface area contributed by atoms with E-state index in [9.17, 15) is 9.59 Å². The van der Waals surface area contributed by atoms with Crippen molar-refractivity contribution in [2.24, 2.45) is 5.73 Å². The van der Waals surface area contributed by atoms with Crippen LogP contribution in [0.4, 0.5) is 0 Å². The van der Waals surface area contributed by atoms with Gasteiger partial charge in [-0.3, -0.25) is 9.59 Å². The van der Waals surface area contributed by atoms with Crippen LogP contribution in [-0.2, 0) is 9.59 Å². The first-order chi connectivity index (χ1) is 6.06. The number of hydrogen-bond acceptors (Lipinski definition) is 3. The van der Waals surface area contributed by atoms with Crippen LogP contribution >= 0.6 is 0 Å². The van der Waals surface area contributed by atoms with Gasteiger partial charge in [0.05, 0.1) is 0 Å². The highest BCUT2D eigenvalue weighted by Gasteiger charge is 2.08. The second-order valence-electron chi connectivity index (χ2n) is 2.92. The van der Waals surface area contributed by atoms with Gasteiger partial charge in [-0.25, -0.2) is 0 Å². The number of carbonyl (C=O) groups is 2. The zero-order chi connectivity index (χ0) is 10.3. The van der Waals surface area contributed by atoms with E-state index in [2.05, 4.69) is 5.32 Å². The van der Waals surface area contributed by atoms with Crippen molar-refractivity contribution in [3.05, 3.63) is 0 Å². The van der Waals surface area contributed by atoms with Gasteiger partial charge in [-0.15, -0.1) is 0 Å². The van der Waals surface area contributed by atoms with E-state index in [1.165, 1.54) is 0 Å². The number of nitrogens with two attached hydrogens (primary N) is 1. The molecule has 0 radical (unpaired) electrons. The molecular weight excluding hydrogens is 172 g/mol. The summed E-state index contributed by atoms with van der Waals surface area (Å²) < 4.78 is 0. The number of carbonyl (C=O) groups excluding carboxylic acids is 1. The summed E-state index contributed by atoms with van der Waals surface area (Å²) in [5, 5.41) is 10.5. The Balaban J connectivity index is 3.55. The highest BCUT2D eigenvalue weighted by Crippen LogP contribution is 1.97. The summed E-state index contributed by atoms with van der Waals surface area (Å²) in [7, 11) is 0. The summed E-state index contributed by atoms with van der Waals surface area (Å²) in [5.74, 6) is -1.35. The number of amides is 1. The first-order valence-electron chi connectivity index (χ1n) is 4.30. The Bertz CT molecular complexity index is 182. The van der Waals surface area contributed by atoms with Crippen LogP contribution < -0.4 is 11.1 Å². The quantitative estimate of drug-likeness (QED) is 0.533. The second-order valence-corrected chi connectivity index (χ2v) is 2.92. The summed E-state index contributed by atoms with van der Waals surface area (Å²) in [4.78, 5) is 21.0. The van der Waals surface area contributed by atoms with Crippen LogP contribution in [0.2, 0.25) is 0 Å². The van der Waals surface area contributed by atoms with Gasteiger partial charge >= 0.3 is 5.97 Å². The Morgan fingerprint density at radius 2 is 2.15 bits per heavy atom. The molecule has 13 heavy (non-hydrogen) atoms. The normalized spacial score (nSPS) is 12.2. The molecule has 0 bridgehead atoms. The van der Waals surface area contributed by atoms with Crippen molar-refractivity contribution in [2.75, 3.05) is 6.54 Å². The standard InChI is InChI=1S/C8H16N2O3/c1-2-3-6(9)4-7(11)10-5-8(12)13/h6H,2-5,9H2,1H3,(H,10,11)(H,12,13).